The first kappa shape index (κ1) is 21.7. The van der Waals surface area contributed by atoms with E-state index in [4.69, 9.17) is 0 Å². The molecule has 0 atom stereocenters. The Morgan fingerprint density at radius 2 is 1.81 bits per heavy atom. The van der Waals surface area contributed by atoms with Gasteiger partial charge in [0, 0.05) is 17.8 Å². The summed E-state index contributed by atoms with van der Waals surface area (Å²) < 4.78 is 30.4. The van der Waals surface area contributed by atoms with Crippen LogP contribution in [-0.4, -0.2) is 18.9 Å². The molecule has 0 spiro atoms. The van der Waals surface area contributed by atoms with E-state index in [2.05, 4.69) is 22.4 Å². The number of amides is 1. The van der Waals surface area contributed by atoms with Gasteiger partial charge < -0.3 is 4.57 Å². The molecule has 3 aromatic carbocycles. The molecule has 6 nitrogen and oxygen atoms in total. The van der Waals surface area contributed by atoms with Gasteiger partial charge in [-0.05, 0) is 61.0 Å². The van der Waals surface area contributed by atoms with Crippen LogP contribution in [0, 0.1) is 6.92 Å². The Kier molecular flexibility index (Phi) is 6.07. The number of rotatable bonds is 6. The fourth-order valence-corrected chi connectivity index (χ4v) is 5.43. The van der Waals surface area contributed by atoms with E-state index in [9.17, 15) is 13.2 Å². The summed E-state index contributed by atoms with van der Waals surface area (Å²) in [6.45, 7) is 6.36. The maximum absolute atomic E-state index is 12.8. The fourth-order valence-electron chi connectivity index (χ4n) is 3.22. The van der Waals surface area contributed by atoms with Crippen molar-refractivity contribution in [3.05, 3.63) is 101 Å². The number of nitrogens with zero attached hydrogens (tertiary/aromatic N) is 2. The number of carbonyl (C=O) groups is 1. The molecule has 4 rings (SSSR count). The zero-order valence-corrected chi connectivity index (χ0v) is 19.0. The third-order valence-electron chi connectivity index (χ3n) is 4.78. The zero-order chi connectivity index (χ0) is 22.7. The number of nitrogens with one attached hydrogen (secondary N) is 1. The molecule has 0 aliphatic heterocycles. The lowest BCUT2D eigenvalue weighted by Gasteiger charge is -2.08. The molecule has 162 valence electrons. The van der Waals surface area contributed by atoms with Crippen LogP contribution in [0.2, 0.25) is 0 Å². The van der Waals surface area contributed by atoms with Gasteiger partial charge in [-0.25, -0.2) is 8.42 Å². The van der Waals surface area contributed by atoms with E-state index in [1.807, 2.05) is 23.6 Å². The molecule has 4 aromatic rings. The van der Waals surface area contributed by atoms with Crippen molar-refractivity contribution in [2.45, 2.75) is 18.4 Å². The minimum absolute atomic E-state index is 0.168. The summed E-state index contributed by atoms with van der Waals surface area (Å²) in [6, 6.07) is 20.4. The molecule has 0 fully saturated rings. The van der Waals surface area contributed by atoms with Crippen molar-refractivity contribution in [3.8, 4) is 0 Å². The zero-order valence-electron chi connectivity index (χ0n) is 17.4. The number of fused-ring (bicyclic) bond motifs is 1. The van der Waals surface area contributed by atoms with Crippen molar-refractivity contribution < 1.29 is 13.2 Å². The Balaban J connectivity index is 1.61. The number of sulfonamides is 1. The van der Waals surface area contributed by atoms with E-state index >= 15 is 0 Å². The first-order valence-electron chi connectivity index (χ1n) is 9.85. The van der Waals surface area contributed by atoms with E-state index in [0.29, 0.717) is 22.6 Å². The van der Waals surface area contributed by atoms with Gasteiger partial charge in [-0.2, -0.15) is 4.99 Å². The second-order valence-corrected chi connectivity index (χ2v) is 9.86. The molecule has 8 heteroatoms. The van der Waals surface area contributed by atoms with Crippen molar-refractivity contribution in [2.75, 3.05) is 4.72 Å². The molecule has 32 heavy (non-hydrogen) atoms. The SMILES string of the molecule is C=CCn1c(=NC(=O)c2ccc(NS(=O)(=O)c3ccccc3)cc2)sc2cc(C)ccc21. The predicted octanol–water partition coefficient (Wildman–Crippen LogP) is 4.74. The summed E-state index contributed by atoms with van der Waals surface area (Å²) in [6.07, 6.45) is 1.77. The Hall–Kier alpha value is -3.49. The van der Waals surface area contributed by atoms with Crippen molar-refractivity contribution in [1.82, 2.24) is 4.57 Å². The molecule has 1 amide bonds. The molecule has 0 saturated heterocycles. The fraction of sp³-hybridized carbons (Fsp3) is 0.0833. The number of thiazole rings is 1. The molecular formula is C24H21N3O3S2. The Labute approximate surface area is 190 Å². The van der Waals surface area contributed by atoms with Gasteiger partial charge >= 0.3 is 0 Å². The monoisotopic (exact) mass is 463 g/mol. The van der Waals surface area contributed by atoms with E-state index in [1.165, 1.54) is 23.5 Å². The van der Waals surface area contributed by atoms with Crippen molar-refractivity contribution in [3.63, 3.8) is 0 Å². The smallest absolute Gasteiger partial charge is 0.279 e. The Morgan fingerprint density at radius 3 is 2.50 bits per heavy atom. The number of benzene rings is 3. The van der Waals surface area contributed by atoms with Gasteiger partial charge in [0.05, 0.1) is 15.1 Å². The number of allylic oxidation sites excluding steroid dienone is 1. The van der Waals surface area contributed by atoms with E-state index in [1.54, 1.807) is 48.5 Å². The average Bonchev–Trinajstić information content (AvgIpc) is 3.10. The van der Waals surface area contributed by atoms with Crippen LogP contribution in [0.5, 0.6) is 0 Å². The van der Waals surface area contributed by atoms with Crippen molar-refractivity contribution >= 4 is 43.2 Å². The lowest BCUT2D eigenvalue weighted by molar-refractivity contribution is 0.0998. The average molecular weight is 464 g/mol. The number of aromatic nitrogens is 1. The molecule has 0 radical (unpaired) electrons. The molecule has 1 aromatic heterocycles. The molecule has 1 heterocycles. The van der Waals surface area contributed by atoms with Crippen LogP contribution in [-0.2, 0) is 16.6 Å². The number of aryl methyl sites for hydroxylation is 1. The summed E-state index contributed by atoms with van der Waals surface area (Å²) in [5.74, 6) is -0.399. The van der Waals surface area contributed by atoms with Gasteiger partial charge in [0.15, 0.2) is 4.80 Å². The lowest BCUT2D eigenvalue weighted by atomic mass is 10.2. The first-order chi connectivity index (χ1) is 15.4. The summed E-state index contributed by atoms with van der Waals surface area (Å²) in [4.78, 5) is 17.9. The highest BCUT2D eigenvalue weighted by Gasteiger charge is 2.14. The molecule has 0 saturated carbocycles. The highest BCUT2D eigenvalue weighted by molar-refractivity contribution is 7.92. The standard InChI is InChI=1S/C24H21N3O3S2/c1-3-15-27-21-14-9-17(2)16-22(21)31-24(27)25-23(28)18-10-12-19(13-11-18)26-32(29,30)20-7-5-4-6-8-20/h3-14,16,26H,1,15H2,2H3. The maximum atomic E-state index is 12.8. The first-order valence-corrected chi connectivity index (χ1v) is 12.2. The van der Waals surface area contributed by atoms with E-state index in [-0.39, 0.29) is 4.90 Å². The molecule has 0 bridgehead atoms. The van der Waals surface area contributed by atoms with E-state index in [0.717, 1.165) is 15.8 Å². The van der Waals surface area contributed by atoms with Crippen LogP contribution < -0.4 is 9.52 Å². The van der Waals surface area contributed by atoms with Crippen molar-refractivity contribution in [2.24, 2.45) is 4.99 Å². The highest BCUT2D eigenvalue weighted by atomic mass is 32.2. The van der Waals surface area contributed by atoms with Crippen LogP contribution in [0.25, 0.3) is 10.2 Å². The topological polar surface area (TPSA) is 80.5 Å². The van der Waals surface area contributed by atoms with Gasteiger partial charge in [0.1, 0.15) is 0 Å². The molecular weight excluding hydrogens is 442 g/mol. The lowest BCUT2D eigenvalue weighted by Crippen LogP contribution is -2.16. The summed E-state index contributed by atoms with van der Waals surface area (Å²) in [5, 5.41) is 0. The predicted molar refractivity (Wildman–Crippen MR) is 128 cm³/mol. The number of carbonyl (C=O) groups excluding carboxylic acids is 1. The minimum atomic E-state index is -3.69. The third kappa shape index (κ3) is 4.56. The van der Waals surface area contributed by atoms with Gasteiger partial charge in [-0.15, -0.1) is 6.58 Å². The normalized spacial score (nSPS) is 12.1. The highest BCUT2D eigenvalue weighted by Crippen LogP contribution is 2.20. The summed E-state index contributed by atoms with van der Waals surface area (Å²) in [7, 11) is -3.69. The Bertz CT molecular complexity index is 1470. The molecule has 1 N–H and O–H groups in total. The van der Waals surface area contributed by atoms with Gasteiger partial charge in [-0.3, -0.25) is 9.52 Å². The Morgan fingerprint density at radius 1 is 1.09 bits per heavy atom. The van der Waals surface area contributed by atoms with Crippen LogP contribution in [0.15, 0.2) is 95.3 Å². The second-order valence-electron chi connectivity index (χ2n) is 7.17. The maximum Gasteiger partial charge on any atom is 0.279 e. The third-order valence-corrected chi connectivity index (χ3v) is 7.22. The van der Waals surface area contributed by atoms with Gasteiger partial charge in [0.25, 0.3) is 15.9 Å². The van der Waals surface area contributed by atoms with Crippen LogP contribution in [0.3, 0.4) is 0 Å². The van der Waals surface area contributed by atoms with Crippen LogP contribution >= 0.6 is 11.3 Å². The van der Waals surface area contributed by atoms with Crippen LogP contribution in [0.1, 0.15) is 15.9 Å². The molecule has 0 aliphatic rings. The van der Waals surface area contributed by atoms with Crippen molar-refractivity contribution in [1.29, 1.82) is 0 Å². The molecule has 0 unspecified atom stereocenters. The number of hydrogen-bond acceptors (Lipinski definition) is 4. The minimum Gasteiger partial charge on any atom is -0.312 e. The molecule has 0 aliphatic carbocycles. The van der Waals surface area contributed by atoms with Gasteiger partial charge in [-0.1, -0.05) is 41.7 Å². The summed E-state index contributed by atoms with van der Waals surface area (Å²) in [5.41, 5.74) is 2.87. The second kappa shape index (κ2) is 8.94. The summed E-state index contributed by atoms with van der Waals surface area (Å²) >= 11 is 1.45. The quantitative estimate of drug-likeness (QED) is 0.420. The van der Waals surface area contributed by atoms with Gasteiger partial charge in [0.2, 0.25) is 0 Å². The largest absolute Gasteiger partial charge is 0.312 e. The van der Waals surface area contributed by atoms with E-state index < -0.39 is 15.9 Å². The number of hydrogen-bond donors (Lipinski definition) is 1. The van der Waals surface area contributed by atoms with Crippen LogP contribution in [0.4, 0.5) is 5.69 Å². The number of anilines is 1.